The maximum atomic E-state index is 13.5. The summed E-state index contributed by atoms with van der Waals surface area (Å²) >= 11 is 0. The second kappa shape index (κ2) is 9.75. The molecule has 0 unspecified atom stereocenters. The lowest BCUT2D eigenvalue weighted by Gasteiger charge is -2.24. The number of ketones is 2. The molecule has 2 N–H and O–H groups in total. The van der Waals surface area contributed by atoms with Crippen molar-refractivity contribution in [2.45, 2.75) is 12.8 Å². The number of benzene rings is 4. The van der Waals surface area contributed by atoms with E-state index < -0.39 is 0 Å². The molecule has 0 saturated carbocycles. The smallest absolute Gasteiger partial charge is 0.196 e. The van der Waals surface area contributed by atoms with Crippen LogP contribution in [-0.2, 0) is 12.8 Å². The van der Waals surface area contributed by atoms with Gasteiger partial charge in [0.1, 0.15) is 0 Å². The fourth-order valence-electron chi connectivity index (χ4n) is 4.48. The molecule has 0 saturated heterocycles. The molecule has 34 heavy (non-hydrogen) atoms. The van der Waals surface area contributed by atoms with Gasteiger partial charge in [0.2, 0.25) is 0 Å². The van der Waals surface area contributed by atoms with Gasteiger partial charge in [0.25, 0.3) is 0 Å². The monoisotopic (exact) mass is 446 g/mol. The molecule has 4 aromatic carbocycles. The molecule has 0 spiro atoms. The minimum Gasteiger partial charge on any atom is -0.383 e. The van der Waals surface area contributed by atoms with Crippen molar-refractivity contribution in [2.24, 2.45) is 0 Å². The highest BCUT2D eigenvalue weighted by molar-refractivity contribution is 6.30. The minimum atomic E-state index is -0.112. The second-order valence-corrected chi connectivity index (χ2v) is 8.44. The van der Waals surface area contributed by atoms with Gasteiger partial charge in [-0.05, 0) is 36.1 Å². The van der Waals surface area contributed by atoms with Gasteiger partial charge in [-0.2, -0.15) is 0 Å². The molecule has 168 valence electrons. The average molecular weight is 447 g/mol. The predicted molar refractivity (Wildman–Crippen MR) is 137 cm³/mol. The lowest BCUT2D eigenvalue weighted by Crippen LogP contribution is -2.24. The van der Waals surface area contributed by atoms with Crippen molar-refractivity contribution in [3.05, 3.63) is 130 Å². The van der Waals surface area contributed by atoms with E-state index in [0.717, 1.165) is 25.1 Å². The van der Waals surface area contributed by atoms with Crippen LogP contribution in [0.5, 0.6) is 0 Å². The summed E-state index contributed by atoms with van der Waals surface area (Å²) in [5.41, 5.74) is 5.85. The zero-order valence-corrected chi connectivity index (χ0v) is 18.9. The molecule has 0 radical (unpaired) electrons. The second-order valence-electron chi connectivity index (χ2n) is 8.44. The number of hydrogen-bond donors (Lipinski definition) is 2. The average Bonchev–Trinajstić information content (AvgIpc) is 2.89. The first-order chi connectivity index (χ1) is 16.7. The molecule has 4 aromatic rings. The molecule has 0 aliphatic heterocycles. The first kappa shape index (κ1) is 21.7. The molecular formula is C30H26N2O2. The fourth-order valence-corrected chi connectivity index (χ4v) is 4.48. The van der Waals surface area contributed by atoms with E-state index in [1.54, 1.807) is 30.3 Å². The van der Waals surface area contributed by atoms with E-state index in [4.69, 9.17) is 0 Å². The summed E-state index contributed by atoms with van der Waals surface area (Å²) in [4.78, 5) is 26.7. The molecule has 5 rings (SSSR count). The Balaban J connectivity index is 1.45. The number of carbonyl (C=O) groups is 2. The number of rotatable bonds is 8. The molecule has 0 aromatic heterocycles. The van der Waals surface area contributed by atoms with Crippen LogP contribution >= 0.6 is 0 Å². The largest absolute Gasteiger partial charge is 0.383 e. The molecule has 0 bridgehead atoms. The van der Waals surface area contributed by atoms with E-state index in [1.807, 2.05) is 42.5 Å². The Hall–Kier alpha value is -4.18. The zero-order chi connectivity index (χ0) is 23.3. The van der Waals surface area contributed by atoms with Crippen molar-refractivity contribution in [1.29, 1.82) is 0 Å². The lowest BCUT2D eigenvalue weighted by atomic mass is 9.82. The summed E-state index contributed by atoms with van der Waals surface area (Å²) in [5, 5.41) is 6.98. The van der Waals surface area contributed by atoms with Gasteiger partial charge < -0.3 is 10.6 Å². The Labute approximate surface area is 199 Å². The molecule has 1 aliphatic carbocycles. The first-order valence-corrected chi connectivity index (χ1v) is 11.6. The van der Waals surface area contributed by atoms with Gasteiger partial charge >= 0.3 is 0 Å². The van der Waals surface area contributed by atoms with Crippen LogP contribution in [0.1, 0.15) is 43.0 Å². The zero-order valence-electron chi connectivity index (χ0n) is 18.9. The lowest BCUT2D eigenvalue weighted by molar-refractivity contribution is 0.0979. The van der Waals surface area contributed by atoms with E-state index in [2.05, 4.69) is 34.9 Å². The van der Waals surface area contributed by atoms with E-state index in [-0.39, 0.29) is 11.6 Å². The highest BCUT2D eigenvalue weighted by Crippen LogP contribution is 2.36. The summed E-state index contributed by atoms with van der Waals surface area (Å²) in [6, 6.07) is 31.3. The minimum absolute atomic E-state index is 0.104. The van der Waals surface area contributed by atoms with Crippen molar-refractivity contribution in [2.75, 3.05) is 23.7 Å². The summed E-state index contributed by atoms with van der Waals surface area (Å²) < 4.78 is 0. The van der Waals surface area contributed by atoms with Crippen molar-refractivity contribution >= 4 is 22.9 Å². The van der Waals surface area contributed by atoms with Gasteiger partial charge in [-0.3, -0.25) is 9.59 Å². The standard InChI is InChI=1S/C30H26N2O2/c33-29-23-13-7-8-14-24(23)30(34)27-25(29)15-16-26(31-19-17-21-9-3-1-4-10-21)28(27)32-20-18-22-11-5-2-6-12-22/h1-16,31-32H,17-20H2. The molecule has 0 atom stereocenters. The highest BCUT2D eigenvalue weighted by Gasteiger charge is 2.32. The third kappa shape index (κ3) is 4.35. The number of carbonyl (C=O) groups excluding carboxylic acids is 2. The van der Waals surface area contributed by atoms with E-state index in [1.165, 1.54) is 11.1 Å². The topological polar surface area (TPSA) is 58.2 Å². The number of nitrogens with one attached hydrogen (secondary N) is 2. The maximum absolute atomic E-state index is 13.5. The van der Waals surface area contributed by atoms with Gasteiger partial charge in [-0.1, -0.05) is 84.9 Å². The number of anilines is 2. The van der Waals surface area contributed by atoms with Crippen molar-refractivity contribution in [1.82, 2.24) is 0 Å². The van der Waals surface area contributed by atoms with Gasteiger partial charge in [0.05, 0.1) is 16.9 Å². The van der Waals surface area contributed by atoms with Crippen LogP contribution in [0.2, 0.25) is 0 Å². The van der Waals surface area contributed by atoms with E-state index in [9.17, 15) is 9.59 Å². The van der Waals surface area contributed by atoms with Crippen LogP contribution in [0.15, 0.2) is 97.1 Å². The van der Waals surface area contributed by atoms with Gasteiger partial charge in [0.15, 0.2) is 11.6 Å². The fraction of sp³-hybridized carbons (Fsp3) is 0.133. The van der Waals surface area contributed by atoms with Gasteiger partial charge in [-0.25, -0.2) is 0 Å². The quantitative estimate of drug-likeness (QED) is 0.318. The summed E-state index contributed by atoms with van der Waals surface area (Å²) in [6.07, 6.45) is 1.67. The van der Waals surface area contributed by atoms with Crippen LogP contribution in [0.25, 0.3) is 0 Å². The Morgan fingerprint density at radius 1 is 0.500 bits per heavy atom. The van der Waals surface area contributed by atoms with E-state index in [0.29, 0.717) is 34.5 Å². The Morgan fingerprint density at radius 2 is 1.03 bits per heavy atom. The third-order valence-corrected chi connectivity index (χ3v) is 6.22. The maximum Gasteiger partial charge on any atom is 0.196 e. The van der Waals surface area contributed by atoms with Crippen LogP contribution < -0.4 is 10.6 Å². The SMILES string of the molecule is O=C1c2ccccc2C(=O)c2c1ccc(NCCc1ccccc1)c2NCCc1ccccc1. The van der Waals surface area contributed by atoms with Crippen LogP contribution in [0.3, 0.4) is 0 Å². The normalized spacial score (nSPS) is 12.1. The summed E-state index contributed by atoms with van der Waals surface area (Å²) in [5.74, 6) is -0.216. The third-order valence-electron chi connectivity index (χ3n) is 6.22. The highest BCUT2D eigenvalue weighted by atomic mass is 16.1. The molecule has 4 nitrogen and oxygen atoms in total. The van der Waals surface area contributed by atoms with Crippen molar-refractivity contribution in [3.63, 3.8) is 0 Å². The van der Waals surface area contributed by atoms with Crippen LogP contribution in [-0.4, -0.2) is 24.7 Å². The Morgan fingerprint density at radius 3 is 1.65 bits per heavy atom. The summed E-state index contributed by atoms with van der Waals surface area (Å²) in [7, 11) is 0. The number of fused-ring (bicyclic) bond motifs is 2. The molecule has 0 fully saturated rings. The van der Waals surface area contributed by atoms with E-state index >= 15 is 0 Å². The molecule has 1 aliphatic rings. The molecule has 0 heterocycles. The Bertz CT molecular complexity index is 1330. The molecular weight excluding hydrogens is 420 g/mol. The van der Waals surface area contributed by atoms with Crippen LogP contribution in [0.4, 0.5) is 11.4 Å². The van der Waals surface area contributed by atoms with Gasteiger partial charge in [0, 0.05) is 29.8 Å². The summed E-state index contributed by atoms with van der Waals surface area (Å²) in [6.45, 7) is 1.37. The number of hydrogen-bond acceptors (Lipinski definition) is 4. The van der Waals surface area contributed by atoms with Crippen molar-refractivity contribution in [3.8, 4) is 0 Å². The van der Waals surface area contributed by atoms with Crippen molar-refractivity contribution < 1.29 is 9.59 Å². The van der Waals surface area contributed by atoms with Crippen LogP contribution in [0, 0.1) is 0 Å². The first-order valence-electron chi connectivity index (χ1n) is 11.6. The Kier molecular flexibility index (Phi) is 6.21. The molecule has 4 heteroatoms. The molecule has 0 amide bonds. The predicted octanol–water partition coefficient (Wildman–Crippen LogP) is 5.77. The van der Waals surface area contributed by atoms with Gasteiger partial charge in [-0.15, -0.1) is 0 Å².